The maximum absolute atomic E-state index is 15.6. The van der Waals surface area contributed by atoms with Crippen LogP contribution in [0.5, 0.6) is 11.5 Å². The van der Waals surface area contributed by atoms with Gasteiger partial charge in [0, 0.05) is 31.8 Å². The molecule has 0 aliphatic rings. The molecular weight excluding hydrogens is 819 g/mol. The van der Waals surface area contributed by atoms with Crippen molar-refractivity contribution >= 4 is 45.4 Å². The minimum Gasteiger partial charge on any atom is -0.493 e. The summed E-state index contributed by atoms with van der Waals surface area (Å²) >= 11 is 4.13. The Bertz CT molecular complexity index is 1940. The van der Waals surface area contributed by atoms with Crippen molar-refractivity contribution in [3.8, 4) is 42.8 Å². The number of aromatic nitrogens is 2. The van der Waals surface area contributed by atoms with Crippen molar-refractivity contribution in [2.75, 3.05) is 13.2 Å². The van der Waals surface area contributed by atoms with Crippen LogP contribution in [-0.2, 0) is 0 Å². The lowest BCUT2D eigenvalue weighted by molar-refractivity contribution is 0.220. The fraction of sp³-hybridized carbons (Fsp3) is 0.615. The number of halogens is 2. The van der Waals surface area contributed by atoms with Crippen LogP contribution in [0.15, 0.2) is 47.8 Å². The highest BCUT2D eigenvalue weighted by Crippen LogP contribution is 2.47. The van der Waals surface area contributed by atoms with E-state index in [-0.39, 0.29) is 5.56 Å². The van der Waals surface area contributed by atoms with Crippen molar-refractivity contribution in [1.29, 1.82) is 0 Å². The van der Waals surface area contributed by atoms with E-state index in [0.717, 1.165) is 50.2 Å². The number of fused-ring (bicyclic) bond motifs is 1. The van der Waals surface area contributed by atoms with Crippen LogP contribution in [0.4, 0.5) is 8.78 Å². The second-order valence-corrected chi connectivity index (χ2v) is 19.9. The van der Waals surface area contributed by atoms with Crippen molar-refractivity contribution < 1.29 is 18.3 Å². The van der Waals surface area contributed by atoms with E-state index < -0.39 is 11.6 Å². The van der Waals surface area contributed by atoms with E-state index in [1.165, 1.54) is 165 Å². The van der Waals surface area contributed by atoms with E-state index >= 15 is 4.39 Å². The first kappa shape index (κ1) is 49.1. The van der Waals surface area contributed by atoms with Gasteiger partial charge in [0.2, 0.25) is 0 Å². The van der Waals surface area contributed by atoms with Crippen molar-refractivity contribution in [1.82, 2.24) is 8.75 Å². The first-order valence-electron chi connectivity index (χ1n) is 24.1. The maximum atomic E-state index is 15.6. The summed E-state index contributed by atoms with van der Waals surface area (Å²) in [6.45, 7) is 10.4. The summed E-state index contributed by atoms with van der Waals surface area (Å²) in [6.07, 6.45) is 30.2. The SMILES string of the molecule is CCCCCCCCC(CCCCCC)COc1cc(-c2ccc(-c3c(F)c(F)cc4nsnc34)s2)c(OCC(CCCCCC)CCCCCCCC)cc1-c1cccs1. The second-order valence-electron chi connectivity index (χ2n) is 17.3. The predicted molar refractivity (Wildman–Crippen MR) is 261 cm³/mol. The van der Waals surface area contributed by atoms with Crippen LogP contribution in [0.3, 0.4) is 0 Å². The lowest BCUT2D eigenvalue weighted by Gasteiger charge is -2.22. The first-order chi connectivity index (χ1) is 30.0. The summed E-state index contributed by atoms with van der Waals surface area (Å²) in [5.41, 5.74) is 2.91. The molecule has 3 heterocycles. The molecule has 0 radical (unpaired) electrons. The van der Waals surface area contributed by atoms with Gasteiger partial charge in [0.15, 0.2) is 11.6 Å². The lowest BCUT2D eigenvalue weighted by Crippen LogP contribution is -2.14. The summed E-state index contributed by atoms with van der Waals surface area (Å²) in [5, 5.41) is 2.13. The third kappa shape index (κ3) is 15.7. The van der Waals surface area contributed by atoms with Gasteiger partial charge in [0.05, 0.1) is 30.5 Å². The Kier molecular flexibility index (Phi) is 22.6. The Morgan fingerprint density at radius 2 is 1.02 bits per heavy atom. The molecule has 0 N–H and O–H groups in total. The number of hydrogen-bond donors (Lipinski definition) is 0. The molecule has 0 fully saturated rings. The fourth-order valence-electron chi connectivity index (χ4n) is 8.51. The molecule has 0 bridgehead atoms. The zero-order valence-electron chi connectivity index (χ0n) is 37.8. The lowest BCUT2D eigenvalue weighted by atomic mass is 9.94. The number of hydrogen-bond acceptors (Lipinski definition) is 7. The van der Waals surface area contributed by atoms with Crippen LogP contribution in [-0.4, -0.2) is 22.0 Å². The Morgan fingerprint density at radius 3 is 1.52 bits per heavy atom. The molecule has 4 nitrogen and oxygen atoms in total. The largest absolute Gasteiger partial charge is 0.493 e. The zero-order valence-corrected chi connectivity index (χ0v) is 40.3. The predicted octanol–water partition coefficient (Wildman–Crippen LogP) is 18.5. The molecule has 2 aromatic carbocycles. The molecular formula is C52H74F2N2O2S3. The van der Waals surface area contributed by atoms with Gasteiger partial charge < -0.3 is 9.47 Å². The normalized spacial score (nSPS) is 12.7. The number of thiophene rings is 2. The number of unbranched alkanes of at least 4 members (excludes halogenated alkanes) is 16. The van der Waals surface area contributed by atoms with Gasteiger partial charge in [-0.25, -0.2) is 8.78 Å². The number of nitrogens with zero attached hydrogens (tertiary/aromatic N) is 2. The molecule has 336 valence electrons. The summed E-state index contributed by atoms with van der Waals surface area (Å²) in [7, 11) is 0. The molecule has 0 saturated heterocycles. The van der Waals surface area contributed by atoms with Gasteiger partial charge >= 0.3 is 0 Å². The second kappa shape index (κ2) is 28.0. The van der Waals surface area contributed by atoms with Gasteiger partial charge in [-0.15, -0.1) is 22.7 Å². The monoisotopic (exact) mass is 892 g/mol. The smallest absolute Gasteiger partial charge is 0.169 e. The Labute approximate surface area is 379 Å². The van der Waals surface area contributed by atoms with Crippen LogP contribution in [0.1, 0.15) is 182 Å². The average molecular weight is 893 g/mol. The van der Waals surface area contributed by atoms with E-state index in [1.807, 2.05) is 12.1 Å². The molecule has 5 rings (SSSR count). The van der Waals surface area contributed by atoms with E-state index in [9.17, 15) is 4.39 Å². The molecule has 3 aromatic heterocycles. The van der Waals surface area contributed by atoms with Crippen LogP contribution in [0, 0.1) is 23.5 Å². The molecule has 2 unspecified atom stereocenters. The number of benzene rings is 2. The average Bonchev–Trinajstić information content (AvgIpc) is 4.08. The topological polar surface area (TPSA) is 44.2 Å². The van der Waals surface area contributed by atoms with Gasteiger partial charge in [-0.3, -0.25) is 0 Å². The molecule has 2 atom stereocenters. The van der Waals surface area contributed by atoms with E-state index in [1.54, 1.807) is 11.3 Å². The third-order valence-corrected chi connectivity index (χ3v) is 14.8. The molecule has 0 saturated carbocycles. The maximum Gasteiger partial charge on any atom is 0.169 e. The quantitative estimate of drug-likeness (QED) is 0.0394. The minimum atomic E-state index is -0.911. The van der Waals surface area contributed by atoms with E-state index in [0.29, 0.717) is 41.0 Å². The number of ether oxygens (including phenoxy) is 2. The first-order valence-corrected chi connectivity index (χ1v) is 26.6. The van der Waals surface area contributed by atoms with Crippen molar-refractivity contribution in [3.63, 3.8) is 0 Å². The highest BCUT2D eigenvalue weighted by Gasteiger charge is 2.24. The molecule has 5 aromatic rings. The zero-order chi connectivity index (χ0) is 43.1. The van der Waals surface area contributed by atoms with Crippen LogP contribution in [0.25, 0.3) is 42.4 Å². The summed E-state index contributed by atoms with van der Waals surface area (Å²) in [4.78, 5) is 2.69. The van der Waals surface area contributed by atoms with Gasteiger partial charge in [0.25, 0.3) is 0 Å². The summed E-state index contributed by atoms with van der Waals surface area (Å²) in [5.74, 6) is 0.830. The Morgan fingerprint density at radius 1 is 0.541 bits per heavy atom. The van der Waals surface area contributed by atoms with E-state index in [4.69, 9.17) is 9.47 Å². The minimum absolute atomic E-state index is 0.167. The third-order valence-electron chi connectivity index (χ3n) is 12.2. The van der Waals surface area contributed by atoms with Crippen molar-refractivity contribution in [3.05, 3.63) is 59.5 Å². The van der Waals surface area contributed by atoms with Gasteiger partial charge in [0.1, 0.15) is 22.5 Å². The summed E-state index contributed by atoms with van der Waals surface area (Å²) < 4.78 is 53.1. The van der Waals surface area contributed by atoms with Crippen molar-refractivity contribution in [2.24, 2.45) is 11.8 Å². The molecule has 0 spiro atoms. The van der Waals surface area contributed by atoms with Gasteiger partial charge in [-0.05, 0) is 73.2 Å². The van der Waals surface area contributed by atoms with Crippen LogP contribution in [0.2, 0.25) is 0 Å². The number of rotatable bonds is 33. The molecule has 0 aliphatic carbocycles. The molecule has 61 heavy (non-hydrogen) atoms. The summed E-state index contributed by atoms with van der Waals surface area (Å²) in [6, 6.07) is 13.7. The van der Waals surface area contributed by atoms with Crippen molar-refractivity contribution in [2.45, 2.75) is 182 Å². The highest BCUT2D eigenvalue weighted by molar-refractivity contribution is 7.19. The van der Waals surface area contributed by atoms with Gasteiger partial charge in [-0.1, -0.05) is 162 Å². The van der Waals surface area contributed by atoms with Crippen LogP contribution >= 0.6 is 34.4 Å². The Balaban J connectivity index is 1.48. The molecule has 0 aliphatic heterocycles. The fourth-order valence-corrected chi connectivity index (χ4v) is 10.9. The van der Waals surface area contributed by atoms with E-state index in [2.05, 4.69) is 66.1 Å². The molecule has 9 heteroatoms. The van der Waals surface area contributed by atoms with Gasteiger partial charge in [-0.2, -0.15) is 8.75 Å². The Hall–Kier alpha value is -2.88. The molecule has 0 amide bonds. The van der Waals surface area contributed by atoms with Crippen LogP contribution < -0.4 is 9.47 Å². The standard InChI is InChI=1S/C52H74F2N2O2S3/c1-5-9-13-17-19-23-28-39(26-21-15-11-7-3)37-57-45-35-42(48-31-32-49(60-48)50-51(54)43(53)36-44-52(50)56-61-55-44)46(34-41(45)47-30-25-33-59-47)58-38-40(27-22-16-12-8-4)29-24-20-18-14-10-6-2/h25,30-36,39-40H,5-24,26-29,37-38H2,1-4H3. The highest BCUT2D eigenvalue weighted by atomic mass is 32.1.